The maximum atomic E-state index is 14.7. The number of carbonyl (C=O) groups excluding carboxylic acids is 3. The lowest BCUT2D eigenvalue weighted by Crippen LogP contribution is -2.55. The second kappa shape index (κ2) is 10.6. The topological polar surface area (TPSA) is 114 Å². The van der Waals surface area contributed by atoms with Crippen LogP contribution in [-0.4, -0.2) is 57.4 Å². The summed E-state index contributed by atoms with van der Waals surface area (Å²) in [5.41, 5.74) is -1.01. The minimum atomic E-state index is -1.22. The molecule has 1 aliphatic heterocycles. The summed E-state index contributed by atoms with van der Waals surface area (Å²) in [5, 5.41) is 0. The van der Waals surface area contributed by atoms with Crippen molar-refractivity contribution in [1.29, 1.82) is 0 Å². The van der Waals surface area contributed by atoms with E-state index in [1.165, 1.54) is 37.4 Å². The first kappa shape index (κ1) is 24.4. The van der Waals surface area contributed by atoms with E-state index in [4.69, 9.17) is 18.9 Å². The average molecular weight is 482 g/mol. The normalized spacial score (nSPS) is 22.2. The molecule has 9 nitrogen and oxygen atoms in total. The third-order valence-corrected chi connectivity index (χ3v) is 5.61. The summed E-state index contributed by atoms with van der Waals surface area (Å²) in [5.74, 6) is -4.06. The molecule has 0 N–H and O–H groups in total. The van der Waals surface area contributed by atoms with Crippen molar-refractivity contribution in [1.82, 2.24) is 9.97 Å². The number of ether oxygens (including phenoxy) is 4. The molecule has 0 bridgehead atoms. The Bertz CT molecular complexity index is 1060. The minimum Gasteiger partial charge on any atom is -0.471 e. The van der Waals surface area contributed by atoms with Crippen molar-refractivity contribution in [3.8, 4) is 17.0 Å². The lowest BCUT2D eigenvalue weighted by Gasteiger charge is -2.39. The Hall–Kier alpha value is -3.28. The Morgan fingerprint density at radius 3 is 2.21 bits per heavy atom. The number of carbonyl (C=O) groups is 3. The molecule has 3 rings (SSSR count). The van der Waals surface area contributed by atoms with E-state index < -0.39 is 53.6 Å². The van der Waals surface area contributed by atoms with Crippen LogP contribution in [0.4, 0.5) is 8.78 Å². The Labute approximate surface area is 191 Å². The monoisotopic (exact) mass is 482 g/mol. The molecule has 1 aliphatic rings. The summed E-state index contributed by atoms with van der Waals surface area (Å²) in [7, 11) is 0. The van der Waals surface area contributed by atoms with Crippen molar-refractivity contribution in [2.75, 3.05) is 5.75 Å². The highest BCUT2D eigenvalue weighted by atomic mass is 32.2. The Kier molecular flexibility index (Phi) is 7.79. The molecule has 1 fully saturated rings. The number of hydrogen-bond acceptors (Lipinski definition) is 10. The van der Waals surface area contributed by atoms with Gasteiger partial charge in [0.15, 0.2) is 29.5 Å². The van der Waals surface area contributed by atoms with Crippen LogP contribution in [0.25, 0.3) is 11.3 Å². The number of esters is 3. The molecule has 0 unspecified atom stereocenters. The fourth-order valence-corrected chi connectivity index (χ4v) is 4.38. The zero-order valence-electron chi connectivity index (χ0n) is 17.8. The van der Waals surface area contributed by atoms with Gasteiger partial charge < -0.3 is 18.9 Å². The van der Waals surface area contributed by atoms with E-state index in [0.717, 1.165) is 25.6 Å². The molecule has 4 atom stereocenters. The minimum absolute atomic E-state index is 0.00555. The zero-order valence-corrected chi connectivity index (χ0v) is 18.6. The number of halogens is 2. The summed E-state index contributed by atoms with van der Waals surface area (Å²) in [6.45, 7) is 3.47. The van der Waals surface area contributed by atoms with Crippen LogP contribution < -0.4 is 4.74 Å². The fourth-order valence-electron chi connectivity index (χ4n) is 3.17. The van der Waals surface area contributed by atoms with E-state index in [1.807, 2.05) is 0 Å². The number of aromatic nitrogens is 2. The molecule has 33 heavy (non-hydrogen) atoms. The van der Waals surface area contributed by atoms with E-state index in [1.54, 1.807) is 0 Å². The first-order valence-electron chi connectivity index (χ1n) is 9.73. The van der Waals surface area contributed by atoms with Crippen molar-refractivity contribution in [2.45, 2.75) is 44.5 Å². The first-order chi connectivity index (χ1) is 15.7. The van der Waals surface area contributed by atoms with E-state index in [9.17, 15) is 23.2 Å². The number of hydrogen-bond donors (Lipinski definition) is 0. The Morgan fingerprint density at radius 2 is 1.61 bits per heavy atom. The van der Waals surface area contributed by atoms with Gasteiger partial charge in [0.05, 0.1) is 11.3 Å². The predicted molar refractivity (Wildman–Crippen MR) is 111 cm³/mol. The highest BCUT2D eigenvalue weighted by Crippen LogP contribution is 2.35. The molecular formula is C21H20F2N2O7S. The van der Waals surface area contributed by atoms with Crippen LogP contribution in [-0.2, 0) is 28.6 Å². The first-order valence-corrected chi connectivity index (χ1v) is 10.8. The largest absolute Gasteiger partial charge is 0.471 e. The molecule has 0 aromatic carbocycles. The van der Waals surface area contributed by atoms with Crippen molar-refractivity contribution in [3.05, 3.63) is 42.4 Å². The van der Waals surface area contributed by atoms with E-state index >= 15 is 0 Å². The van der Waals surface area contributed by atoms with Crippen LogP contribution in [0.5, 0.6) is 5.75 Å². The SMILES string of the molecule is CC(=O)O[C@@H]1[C@@H](OC(C)=O)[C@H](OC(C)=O)CS[C@H]1Oc1ccc(-c2cccnc2F)nc1F. The number of thioether (sulfide) groups is 1. The molecule has 0 amide bonds. The van der Waals surface area contributed by atoms with Gasteiger partial charge in [-0.05, 0) is 24.3 Å². The van der Waals surface area contributed by atoms with Crippen molar-refractivity contribution in [3.63, 3.8) is 0 Å². The second-order valence-corrected chi connectivity index (χ2v) is 8.07. The van der Waals surface area contributed by atoms with Gasteiger partial charge in [-0.15, -0.1) is 11.8 Å². The smallest absolute Gasteiger partial charge is 0.303 e. The molecule has 2 aromatic rings. The van der Waals surface area contributed by atoms with Crippen molar-refractivity contribution < 1.29 is 42.1 Å². The van der Waals surface area contributed by atoms with E-state index in [0.29, 0.717) is 0 Å². The molecule has 2 aromatic heterocycles. The van der Waals surface area contributed by atoms with Gasteiger partial charge in [0.2, 0.25) is 5.95 Å². The van der Waals surface area contributed by atoms with Crippen LogP contribution in [0.15, 0.2) is 30.5 Å². The standard InChI is InChI=1S/C21H20F2N2O7S/c1-10(26)29-16-9-33-21(18(31-12(3)28)17(16)30-11(2)27)32-15-7-6-14(25-20(15)23)13-5-4-8-24-19(13)22/h4-8,16-18,21H,9H2,1-3H3/t16-,17+,18-,21-/m1/s1. The second-order valence-electron chi connectivity index (χ2n) is 6.94. The molecule has 1 saturated heterocycles. The molecule has 0 spiro atoms. The highest BCUT2D eigenvalue weighted by Gasteiger charge is 2.48. The Morgan fingerprint density at radius 1 is 0.939 bits per heavy atom. The molecule has 0 aliphatic carbocycles. The molecule has 176 valence electrons. The van der Waals surface area contributed by atoms with Crippen LogP contribution >= 0.6 is 11.8 Å². The van der Waals surface area contributed by atoms with Gasteiger partial charge in [-0.3, -0.25) is 14.4 Å². The lowest BCUT2D eigenvalue weighted by molar-refractivity contribution is -0.186. The summed E-state index contributed by atoms with van der Waals surface area (Å²) >= 11 is 1.07. The van der Waals surface area contributed by atoms with Gasteiger partial charge in [0.1, 0.15) is 0 Å². The van der Waals surface area contributed by atoms with Gasteiger partial charge in [-0.25, -0.2) is 9.97 Å². The fraction of sp³-hybridized carbons (Fsp3) is 0.381. The van der Waals surface area contributed by atoms with E-state index in [2.05, 4.69) is 9.97 Å². The van der Waals surface area contributed by atoms with Gasteiger partial charge in [-0.1, -0.05) is 0 Å². The lowest BCUT2D eigenvalue weighted by atomic mass is 10.1. The van der Waals surface area contributed by atoms with E-state index in [-0.39, 0.29) is 22.8 Å². The molecule has 3 heterocycles. The maximum absolute atomic E-state index is 14.7. The number of nitrogens with zero attached hydrogens (tertiary/aromatic N) is 2. The van der Waals surface area contributed by atoms with Crippen LogP contribution in [0.2, 0.25) is 0 Å². The summed E-state index contributed by atoms with van der Waals surface area (Å²) in [6.07, 6.45) is -2.06. The van der Waals surface area contributed by atoms with Crippen LogP contribution in [0.3, 0.4) is 0 Å². The molecular weight excluding hydrogens is 462 g/mol. The molecule has 0 radical (unpaired) electrons. The summed E-state index contributed by atoms with van der Waals surface area (Å²) in [6, 6.07) is 5.48. The predicted octanol–water partition coefficient (Wildman–Crippen LogP) is 2.67. The average Bonchev–Trinajstić information content (AvgIpc) is 2.73. The third-order valence-electron chi connectivity index (χ3n) is 4.40. The highest BCUT2D eigenvalue weighted by molar-refractivity contribution is 7.99. The summed E-state index contributed by atoms with van der Waals surface area (Å²) in [4.78, 5) is 42.0. The van der Waals surface area contributed by atoms with Gasteiger partial charge >= 0.3 is 17.9 Å². The van der Waals surface area contributed by atoms with Gasteiger partial charge in [0.25, 0.3) is 5.95 Å². The van der Waals surface area contributed by atoms with Crippen molar-refractivity contribution >= 4 is 29.7 Å². The Balaban J connectivity index is 1.87. The summed E-state index contributed by atoms with van der Waals surface area (Å²) < 4.78 is 50.1. The third kappa shape index (κ3) is 6.15. The number of pyridine rings is 2. The zero-order chi connectivity index (χ0) is 24.1. The number of rotatable bonds is 6. The van der Waals surface area contributed by atoms with Gasteiger partial charge in [-0.2, -0.15) is 8.78 Å². The van der Waals surface area contributed by atoms with Crippen LogP contribution in [0.1, 0.15) is 20.8 Å². The maximum Gasteiger partial charge on any atom is 0.303 e. The van der Waals surface area contributed by atoms with Gasteiger partial charge in [0, 0.05) is 32.7 Å². The van der Waals surface area contributed by atoms with Crippen LogP contribution in [0, 0.1) is 11.9 Å². The molecule has 0 saturated carbocycles. The molecule has 12 heteroatoms. The van der Waals surface area contributed by atoms with Crippen molar-refractivity contribution in [2.24, 2.45) is 0 Å². The quantitative estimate of drug-likeness (QED) is 0.346.